The standard InChI is InChI=1S/C11H12ClN3O/c1-9-13-14-11(12)15(9)7-8-16-10-5-3-2-4-6-10/h2-6H,7-8H2,1H3. The van der Waals surface area contributed by atoms with Crippen molar-refractivity contribution in [1.82, 2.24) is 14.8 Å². The number of hydrogen-bond donors (Lipinski definition) is 0. The molecule has 0 bridgehead atoms. The van der Waals surface area contributed by atoms with Gasteiger partial charge >= 0.3 is 0 Å². The van der Waals surface area contributed by atoms with Gasteiger partial charge in [-0.15, -0.1) is 10.2 Å². The third kappa shape index (κ3) is 2.52. The first kappa shape index (κ1) is 11.0. The molecule has 0 amide bonds. The van der Waals surface area contributed by atoms with E-state index in [2.05, 4.69) is 10.2 Å². The number of rotatable bonds is 4. The average Bonchev–Trinajstić information content (AvgIpc) is 2.62. The Morgan fingerprint density at radius 3 is 2.62 bits per heavy atom. The van der Waals surface area contributed by atoms with Crippen LogP contribution in [0.1, 0.15) is 5.82 Å². The Bertz CT molecular complexity index is 436. The van der Waals surface area contributed by atoms with Crippen LogP contribution in [0.5, 0.6) is 5.75 Å². The van der Waals surface area contributed by atoms with Crippen molar-refractivity contribution in [1.29, 1.82) is 0 Å². The van der Waals surface area contributed by atoms with Gasteiger partial charge in [-0.25, -0.2) is 0 Å². The van der Waals surface area contributed by atoms with E-state index in [4.69, 9.17) is 16.3 Å². The van der Waals surface area contributed by atoms with Crippen LogP contribution in [0.25, 0.3) is 0 Å². The second-order valence-corrected chi connectivity index (χ2v) is 3.67. The van der Waals surface area contributed by atoms with Crippen LogP contribution < -0.4 is 4.74 Å². The molecular formula is C11H12ClN3O. The van der Waals surface area contributed by atoms with Gasteiger partial charge in [0.05, 0.1) is 6.54 Å². The van der Waals surface area contributed by atoms with Gasteiger partial charge in [-0.2, -0.15) is 0 Å². The monoisotopic (exact) mass is 237 g/mol. The number of hydrogen-bond acceptors (Lipinski definition) is 3. The second-order valence-electron chi connectivity index (χ2n) is 3.33. The van der Waals surface area contributed by atoms with Gasteiger partial charge in [0, 0.05) is 0 Å². The molecule has 0 atom stereocenters. The van der Waals surface area contributed by atoms with Crippen LogP contribution in [0, 0.1) is 6.92 Å². The fraction of sp³-hybridized carbons (Fsp3) is 0.273. The third-order valence-electron chi connectivity index (χ3n) is 2.22. The van der Waals surface area contributed by atoms with Crippen LogP contribution in [0.2, 0.25) is 5.28 Å². The summed E-state index contributed by atoms with van der Waals surface area (Å²) in [7, 11) is 0. The lowest BCUT2D eigenvalue weighted by Crippen LogP contribution is -2.09. The van der Waals surface area contributed by atoms with Crippen molar-refractivity contribution in [2.75, 3.05) is 6.61 Å². The molecule has 84 valence electrons. The van der Waals surface area contributed by atoms with Crippen molar-refractivity contribution in [2.24, 2.45) is 0 Å². The van der Waals surface area contributed by atoms with E-state index in [-0.39, 0.29) is 0 Å². The number of nitrogens with zero attached hydrogens (tertiary/aromatic N) is 3. The maximum absolute atomic E-state index is 5.86. The Hall–Kier alpha value is -1.55. The van der Waals surface area contributed by atoms with Crippen LogP contribution in [-0.4, -0.2) is 21.4 Å². The van der Waals surface area contributed by atoms with Crippen LogP contribution >= 0.6 is 11.6 Å². The molecule has 1 aromatic carbocycles. The predicted octanol–water partition coefficient (Wildman–Crippen LogP) is 2.32. The van der Waals surface area contributed by atoms with Crippen molar-refractivity contribution in [3.8, 4) is 5.75 Å². The average molecular weight is 238 g/mol. The molecule has 0 aliphatic carbocycles. The van der Waals surface area contributed by atoms with Crippen molar-refractivity contribution in [3.05, 3.63) is 41.4 Å². The fourth-order valence-electron chi connectivity index (χ4n) is 1.38. The SMILES string of the molecule is Cc1nnc(Cl)n1CCOc1ccccc1. The highest BCUT2D eigenvalue weighted by atomic mass is 35.5. The molecule has 0 aliphatic rings. The van der Waals surface area contributed by atoms with Gasteiger partial charge in [-0.05, 0) is 30.7 Å². The van der Waals surface area contributed by atoms with E-state index in [0.29, 0.717) is 18.4 Å². The van der Waals surface area contributed by atoms with Crippen LogP contribution in [0.4, 0.5) is 0 Å². The molecule has 0 spiro atoms. The van der Waals surface area contributed by atoms with E-state index in [1.165, 1.54) is 0 Å². The number of ether oxygens (including phenoxy) is 1. The Morgan fingerprint density at radius 2 is 2.00 bits per heavy atom. The van der Waals surface area contributed by atoms with E-state index >= 15 is 0 Å². The van der Waals surface area contributed by atoms with Crippen molar-refractivity contribution in [3.63, 3.8) is 0 Å². The van der Waals surface area contributed by atoms with Crippen molar-refractivity contribution in [2.45, 2.75) is 13.5 Å². The van der Waals surface area contributed by atoms with Gasteiger partial charge in [-0.3, -0.25) is 4.57 Å². The number of para-hydroxylation sites is 1. The summed E-state index contributed by atoms with van der Waals surface area (Å²) in [5.41, 5.74) is 0. The summed E-state index contributed by atoms with van der Waals surface area (Å²) in [6, 6.07) is 9.66. The van der Waals surface area contributed by atoms with E-state index in [1.807, 2.05) is 41.8 Å². The summed E-state index contributed by atoms with van der Waals surface area (Å²) in [6.07, 6.45) is 0. The van der Waals surface area contributed by atoms with E-state index < -0.39 is 0 Å². The highest BCUT2D eigenvalue weighted by Crippen LogP contribution is 2.10. The highest BCUT2D eigenvalue weighted by Gasteiger charge is 2.05. The lowest BCUT2D eigenvalue weighted by molar-refractivity contribution is 0.297. The predicted molar refractivity (Wildman–Crippen MR) is 61.7 cm³/mol. The minimum absolute atomic E-state index is 0.397. The molecule has 16 heavy (non-hydrogen) atoms. The minimum atomic E-state index is 0.397. The Balaban J connectivity index is 1.89. The summed E-state index contributed by atoms with van der Waals surface area (Å²) in [6.45, 7) is 3.05. The van der Waals surface area contributed by atoms with Gasteiger partial charge < -0.3 is 4.74 Å². The number of benzene rings is 1. The first-order valence-corrected chi connectivity index (χ1v) is 5.38. The normalized spacial score (nSPS) is 10.4. The van der Waals surface area contributed by atoms with Gasteiger partial charge in [0.25, 0.3) is 0 Å². The fourth-order valence-corrected chi connectivity index (χ4v) is 1.63. The van der Waals surface area contributed by atoms with Crippen LogP contribution in [-0.2, 0) is 6.54 Å². The van der Waals surface area contributed by atoms with Gasteiger partial charge in [0.15, 0.2) is 0 Å². The highest BCUT2D eigenvalue weighted by molar-refractivity contribution is 6.28. The summed E-state index contributed by atoms with van der Waals surface area (Å²) >= 11 is 5.86. The number of halogens is 1. The molecule has 0 radical (unpaired) electrons. The zero-order valence-electron chi connectivity index (χ0n) is 8.93. The van der Waals surface area contributed by atoms with Crippen LogP contribution in [0.3, 0.4) is 0 Å². The van der Waals surface area contributed by atoms with Gasteiger partial charge in [0.1, 0.15) is 18.2 Å². The molecule has 0 N–H and O–H groups in total. The Kier molecular flexibility index (Phi) is 3.41. The topological polar surface area (TPSA) is 39.9 Å². The molecule has 2 aromatic rings. The molecule has 2 rings (SSSR count). The summed E-state index contributed by atoms with van der Waals surface area (Å²) in [4.78, 5) is 0. The van der Waals surface area contributed by atoms with E-state index in [0.717, 1.165) is 11.6 Å². The summed E-state index contributed by atoms with van der Waals surface area (Å²) in [5, 5.41) is 8.03. The summed E-state index contributed by atoms with van der Waals surface area (Å²) in [5.74, 6) is 1.64. The molecule has 5 heteroatoms. The smallest absolute Gasteiger partial charge is 0.225 e. The van der Waals surface area contributed by atoms with E-state index in [1.54, 1.807) is 0 Å². The quantitative estimate of drug-likeness (QED) is 0.819. The maximum atomic E-state index is 5.86. The molecule has 0 saturated carbocycles. The molecule has 0 fully saturated rings. The number of aromatic nitrogens is 3. The first-order chi connectivity index (χ1) is 7.77. The molecule has 1 heterocycles. The number of aryl methyl sites for hydroxylation is 1. The molecule has 1 aromatic heterocycles. The zero-order valence-corrected chi connectivity index (χ0v) is 9.68. The zero-order chi connectivity index (χ0) is 11.4. The molecule has 4 nitrogen and oxygen atoms in total. The Morgan fingerprint density at radius 1 is 1.25 bits per heavy atom. The Labute approximate surface area is 98.8 Å². The van der Waals surface area contributed by atoms with Crippen LogP contribution in [0.15, 0.2) is 30.3 Å². The van der Waals surface area contributed by atoms with Crippen molar-refractivity contribution < 1.29 is 4.74 Å². The molecule has 0 saturated heterocycles. The largest absolute Gasteiger partial charge is 0.492 e. The van der Waals surface area contributed by atoms with Gasteiger partial charge in [-0.1, -0.05) is 18.2 Å². The lowest BCUT2D eigenvalue weighted by atomic mass is 10.3. The maximum Gasteiger partial charge on any atom is 0.225 e. The van der Waals surface area contributed by atoms with Gasteiger partial charge in [0.2, 0.25) is 5.28 Å². The molecular weight excluding hydrogens is 226 g/mol. The minimum Gasteiger partial charge on any atom is -0.492 e. The second kappa shape index (κ2) is 4.99. The lowest BCUT2D eigenvalue weighted by Gasteiger charge is -2.07. The summed E-state index contributed by atoms with van der Waals surface area (Å²) < 4.78 is 7.36. The third-order valence-corrected chi connectivity index (χ3v) is 2.50. The molecule has 0 unspecified atom stereocenters. The molecule has 0 aliphatic heterocycles. The van der Waals surface area contributed by atoms with E-state index in [9.17, 15) is 0 Å². The first-order valence-electron chi connectivity index (χ1n) is 5.00. The van der Waals surface area contributed by atoms with Crippen molar-refractivity contribution >= 4 is 11.6 Å².